The van der Waals surface area contributed by atoms with E-state index in [0.717, 1.165) is 18.7 Å². The molecule has 18 heavy (non-hydrogen) atoms. The maximum atomic E-state index is 10.9. The van der Waals surface area contributed by atoms with Gasteiger partial charge in [0.15, 0.2) is 0 Å². The number of anilines is 1. The minimum absolute atomic E-state index is 0.149. The van der Waals surface area contributed by atoms with Crippen LogP contribution in [0.2, 0.25) is 0 Å². The lowest BCUT2D eigenvalue weighted by atomic mass is 10.1. The van der Waals surface area contributed by atoms with Crippen molar-refractivity contribution in [3.05, 3.63) is 29.3 Å². The van der Waals surface area contributed by atoms with E-state index in [0.29, 0.717) is 5.56 Å². The molecule has 0 aliphatic carbocycles. The molecule has 4 nitrogen and oxygen atoms in total. The Balaban J connectivity index is 3.23. The quantitative estimate of drug-likeness (QED) is 0.867. The molecule has 96 valence electrons. The van der Waals surface area contributed by atoms with Gasteiger partial charge in [-0.15, -0.1) is 0 Å². The summed E-state index contributed by atoms with van der Waals surface area (Å²) in [6.45, 7) is 7.04. The highest BCUT2D eigenvalue weighted by atomic mass is 16.4. The number of carboxylic acid groups (broad SMARTS) is 1. The first-order valence-electron chi connectivity index (χ1n) is 6.05. The highest BCUT2D eigenvalue weighted by Gasteiger charge is 2.15. The SMILES string of the molecule is CCCN(c1ccc(C(=O)O)cc1C#N)C(C)C. The molecule has 0 unspecified atom stereocenters. The predicted molar refractivity (Wildman–Crippen MR) is 70.9 cm³/mol. The Kier molecular flexibility index (Phi) is 4.73. The van der Waals surface area contributed by atoms with E-state index in [1.165, 1.54) is 6.07 Å². The van der Waals surface area contributed by atoms with Crippen molar-refractivity contribution >= 4 is 11.7 Å². The maximum Gasteiger partial charge on any atom is 0.335 e. The molecule has 0 fully saturated rings. The molecular weight excluding hydrogens is 228 g/mol. The van der Waals surface area contributed by atoms with Crippen molar-refractivity contribution in [2.75, 3.05) is 11.4 Å². The fourth-order valence-electron chi connectivity index (χ4n) is 1.91. The first-order chi connectivity index (χ1) is 8.51. The highest BCUT2D eigenvalue weighted by Crippen LogP contribution is 2.23. The molecule has 0 atom stereocenters. The minimum Gasteiger partial charge on any atom is -0.478 e. The Morgan fingerprint density at radius 1 is 1.50 bits per heavy atom. The van der Waals surface area contributed by atoms with Gasteiger partial charge in [-0.25, -0.2) is 4.79 Å². The average Bonchev–Trinajstić information content (AvgIpc) is 2.34. The number of aromatic carboxylic acids is 1. The monoisotopic (exact) mass is 246 g/mol. The van der Waals surface area contributed by atoms with Gasteiger partial charge in [0.05, 0.1) is 16.8 Å². The number of carboxylic acids is 1. The summed E-state index contributed by atoms with van der Waals surface area (Å²) in [4.78, 5) is 13.0. The largest absolute Gasteiger partial charge is 0.478 e. The van der Waals surface area contributed by atoms with E-state index in [2.05, 4.69) is 31.7 Å². The third kappa shape index (κ3) is 3.01. The van der Waals surface area contributed by atoms with Gasteiger partial charge in [0.2, 0.25) is 0 Å². The van der Waals surface area contributed by atoms with Crippen molar-refractivity contribution in [3.8, 4) is 6.07 Å². The lowest BCUT2D eigenvalue weighted by Crippen LogP contribution is -2.32. The van der Waals surface area contributed by atoms with Crippen LogP contribution < -0.4 is 4.90 Å². The average molecular weight is 246 g/mol. The van der Waals surface area contributed by atoms with Gasteiger partial charge in [-0.1, -0.05) is 6.92 Å². The third-order valence-corrected chi connectivity index (χ3v) is 2.76. The van der Waals surface area contributed by atoms with E-state index in [1.807, 2.05) is 0 Å². The van der Waals surface area contributed by atoms with Crippen molar-refractivity contribution in [1.29, 1.82) is 5.26 Å². The summed E-state index contributed by atoms with van der Waals surface area (Å²) >= 11 is 0. The molecule has 1 rings (SSSR count). The van der Waals surface area contributed by atoms with E-state index < -0.39 is 5.97 Å². The van der Waals surface area contributed by atoms with E-state index in [9.17, 15) is 4.79 Å². The number of nitrogens with zero attached hydrogens (tertiary/aromatic N) is 2. The fourth-order valence-corrected chi connectivity index (χ4v) is 1.91. The Bertz CT molecular complexity index is 475. The number of carbonyl (C=O) groups is 1. The predicted octanol–water partition coefficient (Wildman–Crippen LogP) is 2.88. The van der Waals surface area contributed by atoms with Crippen molar-refractivity contribution in [2.24, 2.45) is 0 Å². The first-order valence-corrected chi connectivity index (χ1v) is 6.05. The van der Waals surface area contributed by atoms with Gasteiger partial charge in [-0.3, -0.25) is 0 Å². The van der Waals surface area contributed by atoms with Gasteiger partial charge in [0, 0.05) is 12.6 Å². The number of hydrogen-bond acceptors (Lipinski definition) is 3. The Morgan fingerprint density at radius 2 is 2.17 bits per heavy atom. The summed E-state index contributed by atoms with van der Waals surface area (Å²) < 4.78 is 0. The molecule has 0 aliphatic heterocycles. The van der Waals surface area contributed by atoms with Crippen LogP contribution in [0.15, 0.2) is 18.2 Å². The molecule has 0 radical (unpaired) electrons. The van der Waals surface area contributed by atoms with Gasteiger partial charge in [0.25, 0.3) is 0 Å². The zero-order chi connectivity index (χ0) is 13.7. The zero-order valence-electron chi connectivity index (χ0n) is 11.0. The van der Waals surface area contributed by atoms with Crippen molar-refractivity contribution in [2.45, 2.75) is 33.2 Å². The smallest absolute Gasteiger partial charge is 0.335 e. The molecule has 4 heteroatoms. The molecule has 1 aromatic rings. The molecule has 0 amide bonds. The van der Waals surface area contributed by atoms with Gasteiger partial charge in [-0.05, 0) is 38.5 Å². The van der Waals surface area contributed by atoms with Crippen LogP contribution in [-0.2, 0) is 0 Å². The van der Waals surface area contributed by atoms with Crippen LogP contribution in [0.4, 0.5) is 5.69 Å². The van der Waals surface area contributed by atoms with Crippen molar-refractivity contribution in [3.63, 3.8) is 0 Å². The highest BCUT2D eigenvalue weighted by molar-refractivity contribution is 5.89. The van der Waals surface area contributed by atoms with Gasteiger partial charge in [0.1, 0.15) is 6.07 Å². The molecule has 0 aliphatic rings. The van der Waals surface area contributed by atoms with E-state index in [4.69, 9.17) is 10.4 Å². The van der Waals surface area contributed by atoms with Crippen LogP contribution in [-0.4, -0.2) is 23.7 Å². The fraction of sp³-hybridized carbons (Fsp3) is 0.429. The molecule has 0 saturated carbocycles. The third-order valence-electron chi connectivity index (χ3n) is 2.76. The van der Waals surface area contributed by atoms with E-state index in [-0.39, 0.29) is 11.6 Å². The second kappa shape index (κ2) is 6.06. The maximum absolute atomic E-state index is 10.9. The second-order valence-corrected chi connectivity index (χ2v) is 4.44. The summed E-state index contributed by atoms with van der Waals surface area (Å²) in [7, 11) is 0. The Morgan fingerprint density at radius 3 is 2.61 bits per heavy atom. The number of nitriles is 1. The molecule has 0 aromatic heterocycles. The van der Waals surface area contributed by atoms with E-state index >= 15 is 0 Å². The van der Waals surface area contributed by atoms with Crippen molar-refractivity contribution < 1.29 is 9.90 Å². The number of hydrogen-bond donors (Lipinski definition) is 1. The molecule has 1 N–H and O–H groups in total. The zero-order valence-corrected chi connectivity index (χ0v) is 11.0. The summed E-state index contributed by atoms with van der Waals surface area (Å²) in [5.74, 6) is -1.01. The van der Waals surface area contributed by atoms with Crippen LogP contribution >= 0.6 is 0 Å². The Hall–Kier alpha value is -2.02. The molecule has 0 saturated heterocycles. The summed E-state index contributed by atoms with van der Waals surface area (Å²) in [5, 5.41) is 18.1. The minimum atomic E-state index is -1.01. The van der Waals surface area contributed by atoms with Crippen LogP contribution in [0, 0.1) is 11.3 Å². The first kappa shape index (κ1) is 14.0. The molecule has 0 bridgehead atoms. The standard InChI is InChI=1S/C14H18N2O2/c1-4-7-16(10(2)3)13-6-5-11(14(17)18)8-12(13)9-15/h5-6,8,10H,4,7H2,1-3H3,(H,17,18). The van der Waals surface area contributed by atoms with Crippen LogP contribution in [0.3, 0.4) is 0 Å². The lowest BCUT2D eigenvalue weighted by molar-refractivity contribution is 0.0697. The normalized spacial score (nSPS) is 10.2. The lowest BCUT2D eigenvalue weighted by Gasteiger charge is -2.29. The molecule has 0 heterocycles. The van der Waals surface area contributed by atoms with Crippen LogP contribution in [0.1, 0.15) is 43.1 Å². The van der Waals surface area contributed by atoms with Gasteiger partial charge >= 0.3 is 5.97 Å². The topological polar surface area (TPSA) is 64.3 Å². The number of benzene rings is 1. The molecule has 1 aromatic carbocycles. The van der Waals surface area contributed by atoms with Crippen LogP contribution in [0.25, 0.3) is 0 Å². The summed E-state index contributed by atoms with van der Waals surface area (Å²) in [6.07, 6.45) is 0.976. The second-order valence-electron chi connectivity index (χ2n) is 4.44. The van der Waals surface area contributed by atoms with E-state index in [1.54, 1.807) is 12.1 Å². The summed E-state index contributed by atoms with van der Waals surface area (Å²) in [5.41, 5.74) is 1.37. The molecular formula is C14H18N2O2. The van der Waals surface area contributed by atoms with Crippen molar-refractivity contribution in [1.82, 2.24) is 0 Å². The number of rotatable bonds is 5. The van der Waals surface area contributed by atoms with Gasteiger partial charge in [-0.2, -0.15) is 5.26 Å². The van der Waals surface area contributed by atoms with Crippen LogP contribution in [0.5, 0.6) is 0 Å². The Labute approximate surface area is 107 Å². The van der Waals surface area contributed by atoms with Gasteiger partial charge < -0.3 is 10.0 Å². The molecule has 0 spiro atoms. The summed E-state index contributed by atoms with van der Waals surface area (Å²) in [6, 6.07) is 7.05.